The fourth-order valence-corrected chi connectivity index (χ4v) is 2.02. The molecule has 0 saturated heterocycles. The molecule has 0 N–H and O–H groups in total. The highest BCUT2D eigenvalue weighted by Gasteiger charge is 2.05. The van der Waals surface area contributed by atoms with Crippen LogP contribution in [-0.4, -0.2) is 15.0 Å². The summed E-state index contributed by atoms with van der Waals surface area (Å²) in [5, 5.41) is 8.84. The summed E-state index contributed by atoms with van der Waals surface area (Å²) in [5.74, 6) is 0. The van der Waals surface area contributed by atoms with Gasteiger partial charge in [0, 0.05) is 4.47 Å². The first-order chi connectivity index (χ1) is 7.84. The van der Waals surface area contributed by atoms with Gasteiger partial charge in [-0.1, -0.05) is 24.3 Å². The molecule has 1 aromatic heterocycles. The highest BCUT2D eigenvalue weighted by atomic mass is 79.9. The molecule has 0 aliphatic rings. The standard InChI is InChI=1S/C12H8BrN3/c13-9-5-1-4-8-12(9)16-14-10-6-2-3-7-11(10)15-16/h1-8H. The van der Waals surface area contributed by atoms with E-state index in [0.29, 0.717) is 0 Å². The lowest BCUT2D eigenvalue weighted by Crippen LogP contribution is -1.98. The van der Waals surface area contributed by atoms with Gasteiger partial charge in [0.15, 0.2) is 0 Å². The van der Waals surface area contributed by atoms with Gasteiger partial charge in [0.1, 0.15) is 11.0 Å². The summed E-state index contributed by atoms with van der Waals surface area (Å²) in [6.45, 7) is 0. The first kappa shape index (κ1) is 9.54. The van der Waals surface area contributed by atoms with E-state index in [9.17, 15) is 0 Å². The Morgan fingerprint density at radius 2 is 1.38 bits per heavy atom. The van der Waals surface area contributed by atoms with Crippen LogP contribution in [-0.2, 0) is 0 Å². The Morgan fingerprint density at radius 3 is 2.00 bits per heavy atom. The number of hydrogen-bond acceptors (Lipinski definition) is 2. The number of fused-ring (bicyclic) bond motifs is 1. The van der Waals surface area contributed by atoms with Crippen molar-refractivity contribution in [2.45, 2.75) is 0 Å². The van der Waals surface area contributed by atoms with Crippen LogP contribution in [0, 0.1) is 0 Å². The van der Waals surface area contributed by atoms with E-state index in [1.807, 2.05) is 48.5 Å². The Morgan fingerprint density at radius 1 is 0.812 bits per heavy atom. The van der Waals surface area contributed by atoms with Crippen LogP contribution >= 0.6 is 15.9 Å². The molecule has 78 valence electrons. The number of para-hydroxylation sites is 1. The SMILES string of the molecule is Brc1ccccc1-n1nc2ccccc2n1. The number of benzene rings is 2. The fraction of sp³-hybridized carbons (Fsp3) is 0. The van der Waals surface area contributed by atoms with Crippen LogP contribution in [0.5, 0.6) is 0 Å². The van der Waals surface area contributed by atoms with Crippen LogP contribution < -0.4 is 0 Å². The molecule has 0 atom stereocenters. The molecule has 1 heterocycles. The van der Waals surface area contributed by atoms with Crippen molar-refractivity contribution in [2.75, 3.05) is 0 Å². The van der Waals surface area contributed by atoms with Crippen molar-refractivity contribution in [3.05, 3.63) is 53.0 Å². The highest BCUT2D eigenvalue weighted by molar-refractivity contribution is 9.10. The topological polar surface area (TPSA) is 30.7 Å². The van der Waals surface area contributed by atoms with E-state index in [4.69, 9.17) is 0 Å². The maximum Gasteiger partial charge on any atom is 0.113 e. The van der Waals surface area contributed by atoms with Gasteiger partial charge >= 0.3 is 0 Å². The van der Waals surface area contributed by atoms with Crippen molar-refractivity contribution in [2.24, 2.45) is 0 Å². The van der Waals surface area contributed by atoms with Gasteiger partial charge in [-0.2, -0.15) is 0 Å². The predicted octanol–water partition coefficient (Wildman–Crippen LogP) is 3.18. The molecule has 4 heteroatoms. The molecule has 16 heavy (non-hydrogen) atoms. The molecule has 2 aromatic carbocycles. The second-order valence-corrected chi connectivity index (χ2v) is 4.28. The minimum Gasteiger partial charge on any atom is -0.149 e. The summed E-state index contributed by atoms with van der Waals surface area (Å²) in [6.07, 6.45) is 0. The number of rotatable bonds is 1. The Hall–Kier alpha value is -1.68. The summed E-state index contributed by atoms with van der Waals surface area (Å²) in [6, 6.07) is 15.7. The molecule has 0 amide bonds. The Kier molecular flexibility index (Phi) is 2.22. The van der Waals surface area contributed by atoms with Gasteiger partial charge in [0.2, 0.25) is 0 Å². The number of hydrogen-bond donors (Lipinski definition) is 0. The molecule has 0 saturated carbocycles. The molecule has 3 nitrogen and oxygen atoms in total. The second kappa shape index (κ2) is 3.72. The lowest BCUT2D eigenvalue weighted by atomic mass is 10.3. The van der Waals surface area contributed by atoms with Crippen LogP contribution in [0.4, 0.5) is 0 Å². The zero-order valence-corrected chi connectivity index (χ0v) is 9.92. The van der Waals surface area contributed by atoms with Crippen molar-refractivity contribution >= 4 is 27.0 Å². The Labute approximate surface area is 101 Å². The van der Waals surface area contributed by atoms with E-state index >= 15 is 0 Å². The first-order valence-electron chi connectivity index (χ1n) is 4.91. The van der Waals surface area contributed by atoms with Crippen molar-refractivity contribution < 1.29 is 0 Å². The maximum absolute atomic E-state index is 4.42. The minimum absolute atomic E-state index is 0.901. The van der Waals surface area contributed by atoms with Crippen molar-refractivity contribution in [3.8, 4) is 5.69 Å². The maximum atomic E-state index is 4.42. The van der Waals surface area contributed by atoms with E-state index in [0.717, 1.165) is 21.2 Å². The number of halogens is 1. The van der Waals surface area contributed by atoms with E-state index in [1.54, 1.807) is 4.80 Å². The van der Waals surface area contributed by atoms with E-state index in [-0.39, 0.29) is 0 Å². The summed E-state index contributed by atoms with van der Waals surface area (Å²) < 4.78 is 0.982. The van der Waals surface area contributed by atoms with Gasteiger partial charge in [-0.15, -0.1) is 15.0 Å². The van der Waals surface area contributed by atoms with Crippen molar-refractivity contribution in [1.82, 2.24) is 15.0 Å². The van der Waals surface area contributed by atoms with Gasteiger partial charge in [-0.3, -0.25) is 0 Å². The molecule has 0 radical (unpaired) electrons. The third-order valence-electron chi connectivity index (χ3n) is 2.35. The Bertz CT molecular complexity index is 612. The van der Waals surface area contributed by atoms with Crippen LogP contribution in [0.3, 0.4) is 0 Å². The molecule has 0 fully saturated rings. The summed E-state index contributed by atoms with van der Waals surface area (Å²) >= 11 is 3.49. The quantitative estimate of drug-likeness (QED) is 0.682. The molecule has 0 aliphatic heterocycles. The lowest BCUT2D eigenvalue weighted by molar-refractivity contribution is 0.762. The minimum atomic E-state index is 0.901. The smallest absolute Gasteiger partial charge is 0.113 e. The van der Waals surface area contributed by atoms with Gasteiger partial charge in [-0.05, 0) is 40.2 Å². The monoisotopic (exact) mass is 273 g/mol. The summed E-state index contributed by atoms with van der Waals surface area (Å²) in [7, 11) is 0. The van der Waals surface area contributed by atoms with Gasteiger partial charge in [0.25, 0.3) is 0 Å². The fourth-order valence-electron chi connectivity index (χ4n) is 1.58. The third-order valence-corrected chi connectivity index (χ3v) is 3.03. The average molecular weight is 274 g/mol. The summed E-state index contributed by atoms with van der Waals surface area (Å²) in [4.78, 5) is 1.65. The zero-order chi connectivity index (χ0) is 11.0. The first-order valence-corrected chi connectivity index (χ1v) is 5.71. The molecular weight excluding hydrogens is 266 g/mol. The largest absolute Gasteiger partial charge is 0.149 e. The van der Waals surface area contributed by atoms with Crippen LogP contribution in [0.2, 0.25) is 0 Å². The van der Waals surface area contributed by atoms with Crippen molar-refractivity contribution in [1.29, 1.82) is 0 Å². The van der Waals surface area contributed by atoms with Crippen molar-refractivity contribution in [3.63, 3.8) is 0 Å². The molecule has 0 unspecified atom stereocenters. The predicted molar refractivity (Wildman–Crippen MR) is 66.6 cm³/mol. The third kappa shape index (κ3) is 1.51. The summed E-state index contributed by atoms with van der Waals surface area (Å²) in [5.41, 5.74) is 2.75. The van der Waals surface area contributed by atoms with E-state index in [1.165, 1.54) is 0 Å². The highest BCUT2D eigenvalue weighted by Crippen LogP contribution is 2.20. The Balaban J connectivity index is 2.23. The van der Waals surface area contributed by atoms with E-state index < -0.39 is 0 Å². The second-order valence-electron chi connectivity index (χ2n) is 3.43. The van der Waals surface area contributed by atoms with Gasteiger partial charge < -0.3 is 0 Å². The normalized spacial score (nSPS) is 10.8. The molecule has 3 aromatic rings. The molecule has 3 rings (SSSR count). The molecule has 0 spiro atoms. The van der Waals surface area contributed by atoms with Crippen LogP contribution in [0.25, 0.3) is 16.7 Å². The van der Waals surface area contributed by atoms with Gasteiger partial charge in [0.05, 0.1) is 5.69 Å². The molecule has 0 bridgehead atoms. The number of aromatic nitrogens is 3. The van der Waals surface area contributed by atoms with E-state index in [2.05, 4.69) is 26.1 Å². The average Bonchev–Trinajstić information content (AvgIpc) is 2.73. The lowest BCUT2D eigenvalue weighted by Gasteiger charge is -2.00. The van der Waals surface area contributed by atoms with Crippen LogP contribution in [0.15, 0.2) is 53.0 Å². The van der Waals surface area contributed by atoms with Crippen LogP contribution in [0.1, 0.15) is 0 Å². The van der Waals surface area contributed by atoms with Gasteiger partial charge in [-0.25, -0.2) is 0 Å². The molecular formula is C12H8BrN3. The molecule has 0 aliphatic carbocycles. The zero-order valence-electron chi connectivity index (χ0n) is 8.34. The number of nitrogens with zero attached hydrogens (tertiary/aromatic N) is 3.